The molecule has 9 heteroatoms. The number of thioether (sulfide) groups is 1. The van der Waals surface area contributed by atoms with E-state index >= 15 is 0 Å². The van der Waals surface area contributed by atoms with Crippen LogP contribution in [0.3, 0.4) is 0 Å². The fourth-order valence-electron chi connectivity index (χ4n) is 2.85. The van der Waals surface area contributed by atoms with E-state index in [2.05, 4.69) is 22.5 Å². The van der Waals surface area contributed by atoms with Crippen LogP contribution in [0.15, 0.2) is 52.4 Å². The highest BCUT2D eigenvalue weighted by atomic mass is 79.9. The summed E-state index contributed by atoms with van der Waals surface area (Å²) in [5, 5.41) is -0.339. The molecular formula is C22H18BrClFNO4S. The molecule has 1 fully saturated rings. The van der Waals surface area contributed by atoms with E-state index in [1.807, 2.05) is 6.92 Å². The zero-order valence-corrected chi connectivity index (χ0v) is 19.7. The summed E-state index contributed by atoms with van der Waals surface area (Å²) < 4.78 is 26.0. The standard InChI is InChI=1S/C22H18BrClFNO4S/c1-3-8-30-20-15(23)9-13(10-18(20)29-4-2)11-19-21(27)26(22(28)31-19)12-14-16(24)6-5-7-17(14)25/h3,5-7,9-11H,1,4,8,12H2,2H3/b19-11+. The highest BCUT2D eigenvalue weighted by Crippen LogP contribution is 2.40. The maximum atomic E-state index is 14.1. The van der Waals surface area contributed by atoms with E-state index in [-0.39, 0.29) is 22.0 Å². The monoisotopic (exact) mass is 525 g/mol. The Balaban J connectivity index is 1.89. The number of halogens is 3. The number of hydrogen-bond acceptors (Lipinski definition) is 5. The first kappa shape index (κ1) is 23.4. The van der Waals surface area contributed by atoms with Crippen molar-refractivity contribution in [3.05, 3.63) is 74.3 Å². The smallest absolute Gasteiger partial charge is 0.293 e. The molecule has 1 saturated heterocycles. The third-order valence-corrected chi connectivity index (χ3v) is 6.08. The van der Waals surface area contributed by atoms with Gasteiger partial charge in [0, 0.05) is 10.6 Å². The first-order valence-corrected chi connectivity index (χ1v) is 11.2. The van der Waals surface area contributed by atoms with E-state index in [9.17, 15) is 14.0 Å². The van der Waals surface area contributed by atoms with Gasteiger partial charge < -0.3 is 9.47 Å². The molecule has 1 aliphatic heterocycles. The number of ether oxygens (including phenoxy) is 2. The minimum Gasteiger partial charge on any atom is -0.490 e. The molecule has 3 rings (SSSR count). The normalized spacial score (nSPS) is 15.0. The lowest BCUT2D eigenvalue weighted by Crippen LogP contribution is -2.28. The molecule has 0 spiro atoms. The second kappa shape index (κ2) is 10.3. The van der Waals surface area contributed by atoms with E-state index in [0.717, 1.165) is 16.7 Å². The van der Waals surface area contributed by atoms with Crippen LogP contribution < -0.4 is 9.47 Å². The van der Waals surface area contributed by atoms with Crippen molar-refractivity contribution < 1.29 is 23.5 Å². The molecule has 1 aliphatic rings. The van der Waals surface area contributed by atoms with Crippen LogP contribution in [-0.2, 0) is 11.3 Å². The van der Waals surface area contributed by atoms with Gasteiger partial charge in [-0.05, 0) is 70.5 Å². The number of imide groups is 1. The number of nitrogens with zero attached hydrogens (tertiary/aromatic N) is 1. The van der Waals surface area contributed by atoms with Gasteiger partial charge in [0.15, 0.2) is 11.5 Å². The highest BCUT2D eigenvalue weighted by molar-refractivity contribution is 9.10. The largest absolute Gasteiger partial charge is 0.490 e. The van der Waals surface area contributed by atoms with Gasteiger partial charge in [-0.3, -0.25) is 14.5 Å². The zero-order valence-electron chi connectivity index (χ0n) is 16.5. The Hall–Kier alpha value is -2.29. The van der Waals surface area contributed by atoms with Crippen molar-refractivity contribution in [1.29, 1.82) is 0 Å². The van der Waals surface area contributed by atoms with Gasteiger partial charge in [0.1, 0.15) is 12.4 Å². The molecule has 1 heterocycles. The molecule has 0 unspecified atom stereocenters. The summed E-state index contributed by atoms with van der Waals surface area (Å²) in [6, 6.07) is 7.68. The highest BCUT2D eigenvalue weighted by Gasteiger charge is 2.36. The maximum absolute atomic E-state index is 14.1. The molecular weight excluding hydrogens is 509 g/mol. The number of benzene rings is 2. The van der Waals surface area contributed by atoms with Crippen molar-refractivity contribution in [3.63, 3.8) is 0 Å². The number of carbonyl (C=O) groups excluding carboxylic acids is 2. The van der Waals surface area contributed by atoms with Gasteiger partial charge in [0.25, 0.3) is 11.1 Å². The van der Waals surface area contributed by atoms with Gasteiger partial charge in [0.05, 0.1) is 22.5 Å². The average molecular weight is 527 g/mol. The summed E-state index contributed by atoms with van der Waals surface area (Å²) in [4.78, 5) is 26.4. The van der Waals surface area contributed by atoms with E-state index in [1.54, 1.807) is 24.3 Å². The Morgan fingerprint density at radius 1 is 1.29 bits per heavy atom. The van der Waals surface area contributed by atoms with E-state index in [0.29, 0.717) is 34.7 Å². The van der Waals surface area contributed by atoms with Crippen LogP contribution in [0.5, 0.6) is 11.5 Å². The SMILES string of the molecule is C=CCOc1c(Br)cc(/C=C2/SC(=O)N(Cc3c(F)cccc3Cl)C2=O)cc1OCC. The Kier molecular flexibility index (Phi) is 7.80. The van der Waals surface area contributed by atoms with Crippen molar-refractivity contribution in [3.8, 4) is 11.5 Å². The van der Waals surface area contributed by atoms with Gasteiger partial charge in [-0.25, -0.2) is 4.39 Å². The van der Waals surface area contributed by atoms with Crippen LogP contribution >= 0.6 is 39.3 Å². The summed E-state index contributed by atoms with van der Waals surface area (Å²) in [7, 11) is 0. The summed E-state index contributed by atoms with van der Waals surface area (Å²) >= 11 is 10.3. The Morgan fingerprint density at radius 2 is 2.06 bits per heavy atom. The molecule has 0 aliphatic carbocycles. The molecule has 2 aromatic carbocycles. The zero-order chi connectivity index (χ0) is 22.5. The van der Waals surface area contributed by atoms with E-state index in [1.165, 1.54) is 18.2 Å². The van der Waals surface area contributed by atoms with Crippen molar-refractivity contribution >= 4 is 56.5 Å². The Morgan fingerprint density at radius 3 is 2.74 bits per heavy atom. The first-order valence-electron chi connectivity index (χ1n) is 9.24. The quantitative estimate of drug-likeness (QED) is 0.293. The van der Waals surface area contributed by atoms with Crippen molar-refractivity contribution in [2.45, 2.75) is 13.5 Å². The third-order valence-electron chi connectivity index (χ3n) is 4.23. The van der Waals surface area contributed by atoms with Gasteiger partial charge >= 0.3 is 0 Å². The second-order valence-corrected chi connectivity index (χ2v) is 8.59. The Bertz CT molecular complexity index is 1060. The lowest BCUT2D eigenvalue weighted by molar-refractivity contribution is -0.123. The number of amides is 2. The van der Waals surface area contributed by atoms with Crippen molar-refractivity contribution in [1.82, 2.24) is 4.90 Å². The average Bonchev–Trinajstić information content (AvgIpc) is 2.97. The van der Waals surface area contributed by atoms with E-state index in [4.69, 9.17) is 21.1 Å². The molecule has 0 bridgehead atoms. The first-order chi connectivity index (χ1) is 14.8. The molecule has 0 N–H and O–H groups in total. The lowest BCUT2D eigenvalue weighted by atomic mass is 10.1. The second-order valence-electron chi connectivity index (χ2n) is 6.33. The summed E-state index contributed by atoms with van der Waals surface area (Å²) in [5.41, 5.74) is 0.730. The predicted octanol–water partition coefficient (Wildman–Crippen LogP) is 6.44. The van der Waals surface area contributed by atoms with E-state index < -0.39 is 17.0 Å². The molecule has 2 aromatic rings. The lowest BCUT2D eigenvalue weighted by Gasteiger charge is -2.14. The van der Waals surface area contributed by atoms with Crippen LogP contribution in [0.1, 0.15) is 18.1 Å². The number of hydrogen-bond donors (Lipinski definition) is 0. The van der Waals surface area contributed by atoms with Gasteiger partial charge in [0.2, 0.25) is 0 Å². The minimum absolute atomic E-state index is 0.0952. The van der Waals surface area contributed by atoms with Gasteiger partial charge in [-0.15, -0.1) is 0 Å². The fraction of sp³-hybridized carbons (Fsp3) is 0.182. The van der Waals surface area contributed by atoms with Crippen LogP contribution in [0.25, 0.3) is 6.08 Å². The van der Waals surface area contributed by atoms with Crippen molar-refractivity contribution in [2.75, 3.05) is 13.2 Å². The van der Waals surface area contributed by atoms with Crippen LogP contribution in [-0.4, -0.2) is 29.3 Å². The number of rotatable bonds is 8. The number of carbonyl (C=O) groups is 2. The van der Waals surface area contributed by atoms with Crippen LogP contribution in [0, 0.1) is 5.82 Å². The van der Waals surface area contributed by atoms with Crippen LogP contribution in [0.2, 0.25) is 5.02 Å². The van der Waals surface area contributed by atoms with Crippen LogP contribution in [0.4, 0.5) is 9.18 Å². The third kappa shape index (κ3) is 5.31. The topological polar surface area (TPSA) is 55.8 Å². The van der Waals surface area contributed by atoms with Gasteiger partial charge in [-0.2, -0.15) is 0 Å². The molecule has 0 aromatic heterocycles. The fourth-order valence-corrected chi connectivity index (χ4v) is 4.48. The summed E-state index contributed by atoms with van der Waals surface area (Å²) in [6.45, 7) is 5.95. The maximum Gasteiger partial charge on any atom is 0.293 e. The summed E-state index contributed by atoms with van der Waals surface area (Å²) in [5.74, 6) is -0.0881. The Labute approximate surface area is 197 Å². The molecule has 0 atom stereocenters. The molecule has 0 radical (unpaired) electrons. The molecule has 162 valence electrons. The molecule has 5 nitrogen and oxygen atoms in total. The molecule has 31 heavy (non-hydrogen) atoms. The van der Waals surface area contributed by atoms with Gasteiger partial charge in [-0.1, -0.05) is 30.3 Å². The summed E-state index contributed by atoms with van der Waals surface area (Å²) in [6.07, 6.45) is 3.20. The van der Waals surface area contributed by atoms with Crippen molar-refractivity contribution in [2.24, 2.45) is 0 Å². The molecule has 2 amide bonds. The molecule has 0 saturated carbocycles. The minimum atomic E-state index is -0.573. The predicted molar refractivity (Wildman–Crippen MR) is 124 cm³/mol.